The molecule has 1 aromatic rings. The molecular weight excluding hydrogens is 382 g/mol. The summed E-state index contributed by atoms with van der Waals surface area (Å²) in [7, 11) is 1.51. The predicted octanol–water partition coefficient (Wildman–Crippen LogP) is 1.32. The molecule has 8 nitrogen and oxygen atoms in total. The number of benzene rings is 1. The van der Waals surface area contributed by atoms with E-state index in [-0.39, 0.29) is 29.8 Å². The zero-order valence-electron chi connectivity index (χ0n) is 15.9. The average molecular weight is 403 g/mol. The van der Waals surface area contributed by atoms with Crippen molar-refractivity contribution < 1.29 is 23.9 Å². The van der Waals surface area contributed by atoms with Crippen LogP contribution in [0.1, 0.15) is 34.1 Å². The third kappa shape index (κ3) is 4.34. The van der Waals surface area contributed by atoms with Crippen LogP contribution in [0.5, 0.6) is 0 Å². The number of carbonyl (C=O) groups excluding carboxylic acids is 4. The third-order valence-electron chi connectivity index (χ3n) is 4.31. The smallest absolute Gasteiger partial charge is 0.331 e. The van der Waals surface area contributed by atoms with Crippen LogP contribution in [0.4, 0.5) is 0 Å². The Balaban J connectivity index is 2.15. The molecule has 0 spiro atoms. The topological polar surface area (TPSA) is 108 Å². The molecule has 1 aromatic carbocycles. The van der Waals surface area contributed by atoms with Gasteiger partial charge >= 0.3 is 5.97 Å². The molecule has 0 aromatic heterocycles. The largest absolute Gasteiger partial charge is 0.451 e. The highest BCUT2D eigenvalue weighted by atomic mass is 32.2. The van der Waals surface area contributed by atoms with Crippen molar-refractivity contribution in [2.45, 2.75) is 25.5 Å². The minimum atomic E-state index is -1.14. The van der Waals surface area contributed by atoms with E-state index in [1.165, 1.54) is 42.8 Å². The van der Waals surface area contributed by atoms with Crippen LogP contribution in [-0.4, -0.2) is 71.2 Å². The molecular formula is C19H21N3O5S. The SMILES string of the molecule is CSC[C@@H](C(=O)O[C@H](C)C(=O)N(C)CCC#N)N1C(=O)c2ccccc2C1=O. The van der Waals surface area contributed by atoms with E-state index in [2.05, 4.69) is 0 Å². The monoisotopic (exact) mass is 403 g/mol. The van der Waals surface area contributed by atoms with Gasteiger partial charge in [-0.1, -0.05) is 12.1 Å². The molecule has 0 unspecified atom stereocenters. The maximum atomic E-state index is 12.7. The molecule has 0 aliphatic carbocycles. The number of hydrogen-bond acceptors (Lipinski definition) is 7. The van der Waals surface area contributed by atoms with Crippen molar-refractivity contribution in [1.29, 1.82) is 5.26 Å². The van der Waals surface area contributed by atoms with Crippen LogP contribution in [-0.2, 0) is 14.3 Å². The summed E-state index contributed by atoms with van der Waals surface area (Å²) in [4.78, 5) is 52.5. The maximum absolute atomic E-state index is 12.7. The number of likely N-dealkylation sites (N-methyl/N-ethyl adjacent to an activating group) is 1. The molecule has 0 N–H and O–H groups in total. The molecule has 2 atom stereocenters. The Kier molecular flexibility index (Phi) is 7.18. The van der Waals surface area contributed by atoms with Crippen molar-refractivity contribution in [2.24, 2.45) is 0 Å². The molecule has 0 bridgehead atoms. The van der Waals surface area contributed by atoms with E-state index in [0.717, 1.165) is 4.90 Å². The second-order valence-electron chi connectivity index (χ2n) is 6.24. The fourth-order valence-electron chi connectivity index (χ4n) is 2.84. The third-order valence-corrected chi connectivity index (χ3v) is 4.96. The number of carbonyl (C=O) groups is 4. The van der Waals surface area contributed by atoms with Gasteiger partial charge in [-0.3, -0.25) is 19.3 Å². The summed E-state index contributed by atoms with van der Waals surface area (Å²) in [6.45, 7) is 1.63. The van der Waals surface area contributed by atoms with Crippen LogP contribution in [0, 0.1) is 11.3 Å². The molecule has 1 heterocycles. The first-order chi connectivity index (χ1) is 13.3. The van der Waals surface area contributed by atoms with E-state index in [4.69, 9.17) is 10.00 Å². The van der Waals surface area contributed by atoms with Crippen LogP contribution in [0.3, 0.4) is 0 Å². The summed E-state index contributed by atoms with van der Waals surface area (Å²) in [6, 6.07) is 7.16. The van der Waals surface area contributed by atoms with Crippen molar-refractivity contribution in [2.75, 3.05) is 25.6 Å². The number of amides is 3. The fourth-order valence-corrected chi connectivity index (χ4v) is 3.44. The summed E-state index contributed by atoms with van der Waals surface area (Å²) >= 11 is 1.28. The first kappa shape index (κ1) is 21.4. The number of nitriles is 1. The first-order valence-electron chi connectivity index (χ1n) is 8.61. The maximum Gasteiger partial charge on any atom is 0.331 e. The van der Waals surface area contributed by atoms with Gasteiger partial charge in [0.1, 0.15) is 6.04 Å². The van der Waals surface area contributed by atoms with Crippen LogP contribution < -0.4 is 0 Å². The van der Waals surface area contributed by atoms with E-state index >= 15 is 0 Å². The van der Waals surface area contributed by atoms with Gasteiger partial charge < -0.3 is 9.64 Å². The van der Waals surface area contributed by atoms with Gasteiger partial charge in [0.05, 0.1) is 23.6 Å². The molecule has 28 heavy (non-hydrogen) atoms. The minimum absolute atomic E-state index is 0.148. The number of fused-ring (bicyclic) bond motifs is 1. The molecule has 1 aliphatic rings. The molecule has 3 amide bonds. The zero-order chi connectivity index (χ0) is 20.8. The number of imide groups is 1. The lowest BCUT2D eigenvalue weighted by atomic mass is 10.1. The molecule has 9 heteroatoms. The fraction of sp³-hybridized carbons (Fsp3) is 0.421. The van der Waals surface area contributed by atoms with Crippen molar-refractivity contribution in [3.63, 3.8) is 0 Å². The van der Waals surface area contributed by atoms with Gasteiger partial charge in [-0.05, 0) is 25.3 Å². The van der Waals surface area contributed by atoms with Gasteiger partial charge in [0.15, 0.2) is 6.10 Å². The van der Waals surface area contributed by atoms with E-state index in [1.54, 1.807) is 18.4 Å². The zero-order valence-corrected chi connectivity index (χ0v) is 16.7. The van der Waals surface area contributed by atoms with Crippen molar-refractivity contribution in [3.05, 3.63) is 35.4 Å². The Morgan fingerprint density at radius 1 is 1.25 bits per heavy atom. The molecule has 0 radical (unpaired) electrons. The van der Waals surface area contributed by atoms with E-state index in [9.17, 15) is 19.2 Å². The molecule has 0 saturated heterocycles. The number of esters is 1. The Morgan fingerprint density at radius 2 is 1.82 bits per heavy atom. The Morgan fingerprint density at radius 3 is 2.32 bits per heavy atom. The van der Waals surface area contributed by atoms with Crippen molar-refractivity contribution in [1.82, 2.24) is 9.80 Å². The molecule has 148 valence electrons. The van der Waals surface area contributed by atoms with Crippen LogP contribution in [0.2, 0.25) is 0 Å². The Labute approximate surface area is 167 Å². The standard InChI is InChI=1S/C19H21N3O5S/c1-12(16(23)21(2)10-6-9-20)27-19(26)15(11-28-3)22-17(24)13-7-4-5-8-14(13)18(22)25/h4-5,7-8,12,15H,6,10-11H2,1-3H3/t12-,15+/m1/s1. The number of hydrogen-bond donors (Lipinski definition) is 0. The minimum Gasteiger partial charge on any atom is -0.451 e. The molecule has 0 saturated carbocycles. The molecule has 2 rings (SSSR count). The Hall–Kier alpha value is -2.86. The summed E-state index contributed by atoms with van der Waals surface area (Å²) in [6.07, 6.45) is 0.797. The van der Waals surface area contributed by atoms with Crippen molar-refractivity contribution >= 4 is 35.5 Å². The highest BCUT2D eigenvalue weighted by Crippen LogP contribution is 2.26. The van der Waals surface area contributed by atoms with Crippen LogP contribution in [0.25, 0.3) is 0 Å². The molecule has 0 fully saturated rings. The van der Waals surface area contributed by atoms with Crippen LogP contribution in [0.15, 0.2) is 24.3 Å². The lowest BCUT2D eigenvalue weighted by molar-refractivity contribution is -0.161. The lowest BCUT2D eigenvalue weighted by Gasteiger charge is -2.26. The normalized spacial score (nSPS) is 14.9. The van der Waals surface area contributed by atoms with Crippen LogP contribution >= 0.6 is 11.8 Å². The van der Waals surface area contributed by atoms with Crippen molar-refractivity contribution in [3.8, 4) is 6.07 Å². The summed E-state index contributed by atoms with van der Waals surface area (Å²) < 4.78 is 5.26. The van der Waals surface area contributed by atoms with Gasteiger partial charge in [-0.2, -0.15) is 17.0 Å². The second kappa shape index (κ2) is 9.37. The number of thioether (sulfide) groups is 1. The van der Waals surface area contributed by atoms with Gasteiger partial charge in [-0.15, -0.1) is 0 Å². The highest BCUT2D eigenvalue weighted by Gasteiger charge is 2.43. The summed E-state index contributed by atoms with van der Waals surface area (Å²) in [5.41, 5.74) is 0.485. The quantitative estimate of drug-likeness (QED) is 0.476. The van der Waals surface area contributed by atoms with E-state index in [0.29, 0.717) is 0 Å². The van der Waals surface area contributed by atoms with Gasteiger partial charge in [0.25, 0.3) is 17.7 Å². The van der Waals surface area contributed by atoms with Gasteiger partial charge in [0, 0.05) is 19.3 Å². The van der Waals surface area contributed by atoms with E-state index < -0.39 is 35.8 Å². The summed E-state index contributed by atoms with van der Waals surface area (Å²) in [5.74, 6) is -2.24. The highest BCUT2D eigenvalue weighted by molar-refractivity contribution is 7.98. The number of rotatable bonds is 8. The van der Waals surface area contributed by atoms with E-state index in [1.807, 2.05) is 6.07 Å². The molecule has 1 aliphatic heterocycles. The first-order valence-corrected chi connectivity index (χ1v) is 10.0. The number of nitrogens with zero attached hydrogens (tertiary/aromatic N) is 3. The van der Waals surface area contributed by atoms with Gasteiger partial charge in [-0.25, -0.2) is 4.79 Å². The lowest BCUT2D eigenvalue weighted by Crippen LogP contribution is -2.49. The second-order valence-corrected chi connectivity index (χ2v) is 7.15. The Bertz CT molecular complexity index is 800. The summed E-state index contributed by atoms with van der Waals surface area (Å²) in [5, 5.41) is 8.61. The predicted molar refractivity (Wildman–Crippen MR) is 103 cm³/mol. The number of ether oxygens (including phenoxy) is 1. The average Bonchev–Trinajstić information content (AvgIpc) is 2.94. The van der Waals surface area contributed by atoms with Gasteiger partial charge in [0.2, 0.25) is 0 Å².